The van der Waals surface area contributed by atoms with Gasteiger partial charge in [-0.3, -0.25) is 29.2 Å². The van der Waals surface area contributed by atoms with Crippen LogP contribution in [0.15, 0.2) is 41.9 Å². The van der Waals surface area contributed by atoms with Gasteiger partial charge in [-0.1, -0.05) is 46.6 Å². The third kappa shape index (κ3) is 8.40. The number of rotatable bonds is 7. The Morgan fingerprint density at radius 3 is 2.71 bits per heavy atom. The minimum Gasteiger partial charge on any atom is -0.374 e. The summed E-state index contributed by atoms with van der Waals surface area (Å²) < 4.78 is 8.66. The van der Waals surface area contributed by atoms with Gasteiger partial charge in [-0.25, -0.2) is 9.82 Å². The number of pyridine rings is 1. The molecule has 3 aromatic heterocycles. The fourth-order valence-electron chi connectivity index (χ4n) is 10.5. The summed E-state index contributed by atoms with van der Waals surface area (Å²) in [5.41, 5.74) is 9.09. The van der Waals surface area contributed by atoms with Gasteiger partial charge < -0.3 is 24.4 Å². The highest BCUT2D eigenvalue weighted by molar-refractivity contribution is 7.10. The smallest absolute Gasteiger partial charge is 0.326 e. The number of methoxy groups -OCH3 is 1. The molecule has 4 amide bonds. The van der Waals surface area contributed by atoms with Gasteiger partial charge in [0, 0.05) is 98.1 Å². The maximum Gasteiger partial charge on any atom is 0.326 e. The highest BCUT2D eigenvalue weighted by atomic mass is 32.1. The zero-order chi connectivity index (χ0) is 46.5. The molecule has 4 aromatic rings. The summed E-state index contributed by atoms with van der Waals surface area (Å²) in [7, 11) is 3.30. The van der Waals surface area contributed by atoms with E-state index >= 15 is 0 Å². The van der Waals surface area contributed by atoms with E-state index in [9.17, 15) is 24.1 Å². The molecule has 2 fully saturated rings. The summed E-state index contributed by atoms with van der Waals surface area (Å²) in [6, 6.07) is 8.36. The number of thiazole rings is 1. The number of benzene rings is 1. The molecule has 7 atom stereocenters. The largest absolute Gasteiger partial charge is 0.374 e. The van der Waals surface area contributed by atoms with Gasteiger partial charge >= 0.3 is 6.17 Å². The van der Waals surface area contributed by atoms with E-state index in [1.807, 2.05) is 32.2 Å². The molecule has 2 N–H and O–H groups in total. The number of ether oxygens (including phenoxy) is 1. The first-order valence-electron chi connectivity index (χ1n) is 22.6. The lowest BCUT2D eigenvalue weighted by molar-refractivity contribution is -0.835. The number of fused-ring (bicyclic) bond motifs is 8. The maximum absolute atomic E-state index is 14.7. The first kappa shape index (κ1) is 45.9. The van der Waals surface area contributed by atoms with Gasteiger partial charge in [-0.15, -0.1) is 11.3 Å². The Bertz CT molecular complexity index is 2590. The highest BCUT2D eigenvalue weighted by Crippen LogP contribution is 2.57. The van der Waals surface area contributed by atoms with Gasteiger partial charge in [0.15, 0.2) is 6.61 Å². The molecule has 344 valence electrons. The van der Waals surface area contributed by atoms with Crippen LogP contribution in [0.1, 0.15) is 89.6 Å². The Hall–Kier alpha value is -5.70. The molecule has 1 aromatic carbocycles. The number of likely N-dealkylation sites (tertiary alicyclic amines) is 1. The van der Waals surface area contributed by atoms with Crippen molar-refractivity contribution < 1.29 is 33.7 Å². The van der Waals surface area contributed by atoms with Crippen LogP contribution in [0.4, 0.5) is 0 Å². The number of hydrazine groups is 1. The zero-order valence-corrected chi connectivity index (χ0v) is 39.5. The summed E-state index contributed by atoms with van der Waals surface area (Å²) in [5.74, 6) is 2.39. The number of hydrogen-bond acceptors (Lipinski definition) is 11. The molecule has 65 heavy (non-hydrogen) atoms. The van der Waals surface area contributed by atoms with Crippen molar-refractivity contribution >= 4 is 45.9 Å². The second-order valence-electron chi connectivity index (χ2n) is 18.8. The number of aromatic nitrogens is 3. The predicted molar refractivity (Wildman–Crippen MR) is 245 cm³/mol. The lowest BCUT2D eigenvalue weighted by Gasteiger charge is -2.41. The van der Waals surface area contributed by atoms with E-state index in [1.165, 1.54) is 21.2 Å². The summed E-state index contributed by atoms with van der Waals surface area (Å²) in [5, 5.41) is 8.05. The van der Waals surface area contributed by atoms with Crippen LogP contribution >= 0.6 is 11.3 Å². The highest BCUT2D eigenvalue weighted by Gasteiger charge is 2.49. The van der Waals surface area contributed by atoms with Crippen LogP contribution in [-0.4, -0.2) is 117 Å². The molecule has 1 aliphatic carbocycles. The van der Waals surface area contributed by atoms with Gasteiger partial charge in [0.1, 0.15) is 18.2 Å². The van der Waals surface area contributed by atoms with E-state index in [0.717, 1.165) is 44.7 Å². The number of nitrogens with zero attached hydrogens (tertiary/aromatic N) is 7. The lowest BCUT2D eigenvalue weighted by Crippen LogP contribution is -2.62. The third-order valence-electron chi connectivity index (χ3n) is 13.7. The number of carbonyl (C=O) groups excluding carboxylic acids is 4. The Morgan fingerprint density at radius 1 is 1.20 bits per heavy atom. The average molecular weight is 907 g/mol. The number of likely N-dealkylation sites (N-methyl/N-ethyl adjacent to an activating group) is 1. The van der Waals surface area contributed by atoms with Crippen molar-refractivity contribution in [3.05, 3.63) is 63.1 Å². The van der Waals surface area contributed by atoms with E-state index in [-0.39, 0.29) is 55.7 Å². The molecule has 3 aliphatic heterocycles. The van der Waals surface area contributed by atoms with E-state index in [2.05, 4.69) is 72.2 Å². The van der Waals surface area contributed by atoms with Gasteiger partial charge in [0.2, 0.25) is 16.7 Å². The van der Waals surface area contributed by atoms with Crippen molar-refractivity contribution in [2.24, 2.45) is 23.2 Å². The van der Waals surface area contributed by atoms with E-state index in [4.69, 9.17) is 19.5 Å². The van der Waals surface area contributed by atoms with Crippen LogP contribution < -0.4 is 10.7 Å². The second-order valence-corrected chi connectivity index (χ2v) is 19.8. The molecule has 4 aliphatic rings. The number of carbonyl (C=O) groups is 4. The van der Waals surface area contributed by atoms with Gasteiger partial charge in [-0.05, 0) is 67.9 Å². The minimum absolute atomic E-state index is 0.0328. The van der Waals surface area contributed by atoms with Crippen molar-refractivity contribution in [2.45, 2.75) is 105 Å². The van der Waals surface area contributed by atoms with Crippen molar-refractivity contribution in [2.75, 3.05) is 40.4 Å². The van der Waals surface area contributed by atoms with Crippen LogP contribution in [0.2, 0.25) is 0 Å². The lowest BCUT2D eigenvalue weighted by atomic mass is 9.67. The Labute approximate surface area is 383 Å². The van der Waals surface area contributed by atoms with E-state index in [1.54, 1.807) is 32.2 Å². The summed E-state index contributed by atoms with van der Waals surface area (Å²) in [4.78, 5) is 89.6. The van der Waals surface area contributed by atoms with Crippen LogP contribution in [0, 0.1) is 39.9 Å². The SMILES string of the molecule is CC#CC(=O)N1C[C@H](C)[C@H](C(=O)N(C)[C@H](C(=O)NC2Cc3nc(cs3)-c3ccc4c(c3)c3c(n4CC)-c4cccnc4[C@@H](OC)C3C(C)(C)CO[N+](=O)[C@@H]3CCCN(N3)C2=O)C(C)C)C1. The Morgan fingerprint density at radius 2 is 1.98 bits per heavy atom. The maximum atomic E-state index is 14.7. The molecular formula is C48H60N9O7S+. The number of hydrogen-bond donors (Lipinski definition) is 2. The van der Waals surface area contributed by atoms with Crippen molar-refractivity contribution in [1.82, 2.24) is 40.1 Å². The molecule has 6 heterocycles. The quantitative estimate of drug-likeness (QED) is 0.227. The molecule has 2 saturated heterocycles. The number of aryl methyl sites for hydroxylation is 1. The molecule has 6 bridgehead atoms. The van der Waals surface area contributed by atoms with Crippen molar-refractivity contribution in [1.29, 1.82) is 0 Å². The molecule has 2 unspecified atom stereocenters. The summed E-state index contributed by atoms with van der Waals surface area (Å²) in [6.07, 6.45) is 1.43. The Kier molecular flexibility index (Phi) is 12.9. The first-order valence-corrected chi connectivity index (χ1v) is 23.5. The van der Waals surface area contributed by atoms with Crippen LogP contribution in [0.5, 0.6) is 0 Å². The monoisotopic (exact) mass is 906 g/mol. The summed E-state index contributed by atoms with van der Waals surface area (Å²) >= 11 is 1.40. The first-order chi connectivity index (χ1) is 31.1. The third-order valence-corrected chi connectivity index (χ3v) is 14.6. The van der Waals surface area contributed by atoms with Gasteiger partial charge in [0.05, 0.1) is 32.9 Å². The molecule has 0 saturated carbocycles. The normalized spacial score (nSPS) is 24.4. The molecule has 16 nitrogen and oxygen atoms in total. The second kappa shape index (κ2) is 18.3. The fraction of sp³-hybridized carbons (Fsp3) is 0.542. The van der Waals surface area contributed by atoms with Crippen LogP contribution in [0.25, 0.3) is 33.4 Å². The molecule has 8 rings (SSSR count). The average Bonchev–Trinajstić information content (AvgIpc) is 4.02. The number of nitrogens with one attached hydrogen (secondary N) is 2. The van der Waals surface area contributed by atoms with Crippen LogP contribution in [-0.2, 0) is 41.7 Å². The molecule has 0 radical (unpaired) electrons. The van der Waals surface area contributed by atoms with Gasteiger partial charge in [0.25, 0.3) is 11.8 Å². The predicted octanol–water partition coefficient (Wildman–Crippen LogP) is 5.46. The van der Waals surface area contributed by atoms with E-state index in [0.29, 0.717) is 35.9 Å². The summed E-state index contributed by atoms with van der Waals surface area (Å²) in [6.45, 7) is 15.1. The molecular weight excluding hydrogens is 847 g/mol. The van der Waals surface area contributed by atoms with Crippen molar-refractivity contribution in [3.8, 4) is 34.4 Å². The minimum atomic E-state index is -1.10. The Balaban J connectivity index is 1.17. The molecule has 0 spiro atoms. The van der Waals surface area contributed by atoms with E-state index < -0.39 is 47.5 Å². The number of amides is 4. The molecule has 17 heteroatoms. The fourth-order valence-corrected chi connectivity index (χ4v) is 11.3. The van der Waals surface area contributed by atoms with Crippen LogP contribution in [0.3, 0.4) is 0 Å². The standard InChI is InChI=1S/C48H59N9O7S/c1-10-14-38(58)54-23-28(5)32(24-54)46(60)53(8)42(27(3)4)45(59)51-33-22-37-50-34(25-65-37)29-17-18-35-31(21-29)39-40(44(63-9)41-30(15-12-19-49-41)43(39)55(35)11-2)48(6,7)26-64-57(62)36-16-13-20-56(52-36)47(33)61/h12,15,17-19,21,25,27-28,32-33,36,40,42,44,52H,11,13,16,20,22-24,26H2,1-9H3/p+1/t28-,32+,33?,36+,40?,42-,44-/m0/s1. The van der Waals surface area contributed by atoms with Crippen molar-refractivity contribution in [3.63, 3.8) is 0 Å². The van der Waals surface area contributed by atoms with Gasteiger partial charge in [-0.2, -0.15) is 5.43 Å². The topological polar surface area (TPSA) is 171 Å². The zero-order valence-electron chi connectivity index (χ0n) is 38.7.